The maximum absolute atomic E-state index is 11.6. The first kappa shape index (κ1) is 15.4. The quantitative estimate of drug-likeness (QED) is 0.568. The molecule has 0 radical (unpaired) electrons. The van der Waals surface area contributed by atoms with Crippen molar-refractivity contribution in [1.82, 2.24) is 30.5 Å². The van der Waals surface area contributed by atoms with E-state index in [9.17, 15) is 14.4 Å². The molecule has 1 rings (SSSR count). The van der Waals surface area contributed by atoms with Gasteiger partial charge in [0.25, 0.3) is 0 Å². The van der Waals surface area contributed by atoms with E-state index in [2.05, 4.69) is 20.9 Å². The maximum Gasteiger partial charge on any atom is 0.325 e. The van der Waals surface area contributed by atoms with E-state index in [1.807, 2.05) is 0 Å². The summed E-state index contributed by atoms with van der Waals surface area (Å²) in [6.45, 7) is -0.262. The fourth-order valence-electron chi connectivity index (χ4n) is 1.30. The molecular weight excluding hydrogens is 268 g/mol. The first-order valence-corrected chi connectivity index (χ1v) is 5.72. The molecule has 0 spiro atoms. The number of rotatable bonds is 6. The van der Waals surface area contributed by atoms with Gasteiger partial charge < -0.3 is 20.6 Å². The van der Waals surface area contributed by atoms with Crippen LogP contribution in [0.4, 0.5) is 4.79 Å². The zero-order valence-corrected chi connectivity index (χ0v) is 11.2. The Morgan fingerprint density at radius 1 is 1.45 bits per heavy atom. The number of hydrogen-bond acceptors (Lipinski definition) is 5. The molecule has 1 aromatic rings. The Kier molecular flexibility index (Phi) is 5.44. The molecule has 1 heterocycles. The highest BCUT2D eigenvalue weighted by Gasteiger charge is 2.12. The molecule has 110 valence electrons. The number of carboxylic acids is 1. The van der Waals surface area contributed by atoms with Gasteiger partial charge in [0.2, 0.25) is 5.91 Å². The standard InChI is InChI=1S/C10H16N6O4/c1-11-8(17)5-15(2)10(20)12-3-7-4-16(14-13-7)6-9(18)19/h4H,3,5-6H2,1-2H3,(H,11,17)(H,12,20)(H,18,19). The summed E-state index contributed by atoms with van der Waals surface area (Å²) in [4.78, 5) is 34.4. The van der Waals surface area contributed by atoms with E-state index < -0.39 is 12.0 Å². The lowest BCUT2D eigenvalue weighted by Crippen LogP contribution is -2.42. The third kappa shape index (κ3) is 4.92. The van der Waals surface area contributed by atoms with Crippen LogP contribution in [-0.2, 0) is 22.7 Å². The van der Waals surface area contributed by atoms with Crippen LogP contribution in [0, 0.1) is 0 Å². The average molecular weight is 284 g/mol. The second-order valence-electron chi connectivity index (χ2n) is 3.99. The van der Waals surface area contributed by atoms with Gasteiger partial charge >= 0.3 is 12.0 Å². The van der Waals surface area contributed by atoms with E-state index in [1.54, 1.807) is 0 Å². The number of nitrogens with one attached hydrogen (secondary N) is 2. The van der Waals surface area contributed by atoms with Crippen molar-refractivity contribution in [3.8, 4) is 0 Å². The monoisotopic (exact) mass is 284 g/mol. The van der Waals surface area contributed by atoms with Gasteiger partial charge in [-0.25, -0.2) is 9.48 Å². The van der Waals surface area contributed by atoms with Crippen LogP contribution in [0.2, 0.25) is 0 Å². The molecule has 10 heteroatoms. The van der Waals surface area contributed by atoms with Crippen molar-refractivity contribution in [3.05, 3.63) is 11.9 Å². The van der Waals surface area contributed by atoms with Crippen molar-refractivity contribution in [3.63, 3.8) is 0 Å². The number of nitrogens with zero attached hydrogens (tertiary/aromatic N) is 4. The summed E-state index contributed by atoms with van der Waals surface area (Å²) in [6.07, 6.45) is 1.42. The Labute approximate surface area is 114 Å². The minimum absolute atomic E-state index is 0.0615. The first-order chi connectivity index (χ1) is 9.42. The lowest BCUT2D eigenvalue weighted by molar-refractivity contribution is -0.137. The van der Waals surface area contributed by atoms with Gasteiger partial charge in [0.05, 0.1) is 12.7 Å². The molecule has 0 fully saturated rings. The summed E-state index contributed by atoms with van der Waals surface area (Å²) in [6, 6.07) is -0.443. The molecule has 0 atom stereocenters. The van der Waals surface area contributed by atoms with Crippen molar-refractivity contribution in [2.45, 2.75) is 13.1 Å². The minimum Gasteiger partial charge on any atom is -0.480 e. The molecular formula is C10H16N6O4. The topological polar surface area (TPSA) is 129 Å². The average Bonchev–Trinajstić information content (AvgIpc) is 2.82. The molecule has 0 saturated heterocycles. The van der Waals surface area contributed by atoms with E-state index in [4.69, 9.17) is 5.11 Å². The van der Waals surface area contributed by atoms with Crippen molar-refractivity contribution >= 4 is 17.9 Å². The number of aromatic nitrogens is 3. The molecule has 0 aliphatic heterocycles. The molecule has 0 aliphatic rings. The van der Waals surface area contributed by atoms with Gasteiger partial charge in [0.15, 0.2) is 0 Å². The molecule has 0 saturated carbocycles. The molecule has 0 aliphatic carbocycles. The number of amides is 3. The predicted octanol–water partition coefficient (Wildman–Crippen LogP) is -1.75. The third-order valence-electron chi connectivity index (χ3n) is 2.31. The minimum atomic E-state index is -1.03. The zero-order valence-electron chi connectivity index (χ0n) is 11.2. The molecule has 20 heavy (non-hydrogen) atoms. The fraction of sp³-hybridized carbons (Fsp3) is 0.500. The normalized spacial score (nSPS) is 9.90. The highest BCUT2D eigenvalue weighted by Crippen LogP contribution is 1.94. The van der Waals surface area contributed by atoms with E-state index in [0.717, 1.165) is 4.68 Å². The SMILES string of the molecule is CNC(=O)CN(C)C(=O)NCc1cn(CC(=O)O)nn1. The van der Waals surface area contributed by atoms with Crippen molar-refractivity contribution in [2.75, 3.05) is 20.6 Å². The van der Waals surface area contributed by atoms with Crippen LogP contribution in [0.1, 0.15) is 5.69 Å². The van der Waals surface area contributed by atoms with Crippen molar-refractivity contribution in [2.24, 2.45) is 0 Å². The van der Waals surface area contributed by atoms with E-state index in [-0.39, 0.29) is 25.5 Å². The lowest BCUT2D eigenvalue weighted by atomic mass is 10.4. The number of carboxylic acid groups (broad SMARTS) is 1. The highest BCUT2D eigenvalue weighted by atomic mass is 16.4. The molecule has 0 unspecified atom stereocenters. The van der Waals surface area contributed by atoms with Gasteiger partial charge in [-0.15, -0.1) is 5.10 Å². The second-order valence-corrected chi connectivity index (χ2v) is 3.99. The number of hydrogen-bond donors (Lipinski definition) is 3. The smallest absolute Gasteiger partial charge is 0.325 e. The summed E-state index contributed by atoms with van der Waals surface area (Å²) in [5.74, 6) is -1.31. The summed E-state index contributed by atoms with van der Waals surface area (Å²) in [7, 11) is 2.96. The molecule has 3 amide bonds. The predicted molar refractivity (Wildman–Crippen MR) is 66.6 cm³/mol. The summed E-state index contributed by atoms with van der Waals surface area (Å²) >= 11 is 0. The number of aliphatic carboxylic acids is 1. The summed E-state index contributed by atoms with van der Waals surface area (Å²) in [5, 5.41) is 20.8. The number of urea groups is 1. The number of likely N-dealkylation sites (N-methyl/N-ethyl adjacent to an activating group) is 2. The van der Waals surface area contributed by atoms with Gasteiger partial charge in [-0.2, -0.15) is 0 Å². The van der Waals surface area contributed by atoms with Gasteiger partial charge in [-0.05, 0) is 0 Å². The largest absolute Gasteiger partial charge is 0.480 e. The van der Waals surface area contributed by atoms with Crippen LogP contribution in [0.15, 0.2) is 6.20 Å². The van der Waals surface area contributed by atoms with Crippen LogP contribution in [0.3, 0.4) is 0 Å². The first-order valence-electron chi connectivity index (χ1n) is 5.72. The Morgan fingerprint density at radius 2 is 2.15 bits per heavy atom. The Hall–Kier alpha value is -2.65. The molecule has 1 aromatic heterocycles. The van der Waals surface area contributed by atoms with Crippen LogP contribution < -0.4 is 10.6 Å². The van der Waals surface area contributed by atoms with Crippen LogP contribution in [0.25, 0.3) is 0 Å². The van der Waals surface area contributed by atoms with Crippen molar-refractivity contribution < 1.29 is 19.5 Å². The molecule has 10 nitrogen and oxygen atoms in total. The lowest BCUT2D eigenvalue weighted by Gasteiger charge is -2.16. The van der Waals surface area contributed by atoms with Gasteiger partial charge in [0.1, 0.15) is 18.8 Å². The van der Waals surface area contributed by atoms with Crippen LogP contribution in [-0.4, -0.2) is 63.5 Å². The van der Waals surface area contributed by atoms with Gasteiger partial charge in [-0.1, -0.05) is 5.21 Å². The van der Waals surface area contributed by atoms with Crippen LogP contribution >= 0.6 is 0 Å². The fourth-order valence-corrected chi connectivity index (χ4v) is 1.30. The highest BCUT2D eigenvalue weighted by molar-refractivity contribution is 5.83. The van der Waals surface area contributed by atoms with Crippen molar-refractivity contribution in [1.29, 1.82) is 0 Å². The molecule has 0 bridgehead atoms. The summed E-state index contributed by atoms with van der Waals surface area (Å²) in [5.41, 5.74) is 0.424. The van der Waals surface area contributed by atoms with Crippen LogP contribution in [0.5, 0.6) is 0 Å². The summed E-state index contributed by atoms with van der Waals surface area (Å²) < 4.78 is 1.15. The van der Waals surface area contributed by atoms with Gasteiger partial charge in [-0.3, -0.25) is 9.59 Å². The van der Waals surface area contributed by atoms with E-state index >= 15 is 0 Å². The van der Waals surface area contributed by atoms with E-state index in [0.29, 0.717) is 5.69 Å². The molecule has 3 N–H and O–H groups in total. The Morgan fingerprint density at radius 3 is 2.75 bits per heavy atom. The zero-order chi connectivity index (χ0) is 15.1. The third-order valence-corrected chi connectivity index (χ3v) is 2.31. The number of carbonyl (C=O) groups excluding carboxylic acids is 2. The Bertz CT molecular complexity index is 500. The van der Waals surface area contributed by atoms with Gasteiger partial charge in [0, 0.05) is 14.1 Å². The maximum atomic E-state index is 11.6. The Balaban J connectivity index is 2.42. The molecule has 0 aromatic carbocycles. The number of carbonyl (C=O) groups is 3. The van der Waals surface area contributed by atoms with E-state index in [1.165, 1.54) is 25.2 Å². The second kappa shape index (κ2) is 7.07.